The largest absolute Gasteiger partial charge is 0.120 e. The minimum absolute atomic E-state index is 0.792. The molecular weight excluding hydrogens is 60.1 g/mol. The highest BCUT2D eigenvalue weighted by atomic mass is 13.7. The standard InChI is InChI=1S/C5H7/c1-3-5-4-2/h1,4H,5H2,2H3. The van der Waals surface area contributed by atoms with E-state index in [2.05, 4.69) is 5.92 Å². The van der Waals surface area contributed by atoms with Crippen molar-refractivity contribution >= 4 is 0 Å². The van der Waals surface area contributed by atoms with Crippen molar-refractivity contribution in [2.75, 3.05) is 0 Å². The van der Waals surface area contributed by atoms with Crippen molar-refractivity contribution < 1.29 is 0 Å². The highest BCUT2D eigenvalue weighted by molar-refractivity contribution is 4.88. The van der Waals surface area contributed by atoms with Crippen molar-refractivity contribution in [1.82, 2.24) is 0 Å². The first-order chi connectivity index (χ1) is 2.41. The van der Waals surface area contributed by atoms with Crippen LogP contribution in [0, 0.1) is 18.8 Å². The molecule has 0 heterocycles. The average Bonchev–Trinajstić information content (AvgIpc) is 1.41. The van der Waals surface area contributed by atoms with Gasteiger partial charge in [0.2, 0.25) is 0 Å². The van der Waals surface area contributed by atoms with Crippen LogP contribution in [0.3, 0.4) is 0 Å². The van der Waals surface area contributed by atoms with Gasteiger partial charge in [-0.1, -0.05) is 6.92 Å². The van der Waals surface area contributed by atoms with E-state index in [0.717, 1.165) is 6.42 Å². The number of terminal acetylenes is 1. The van der Waals surface area contributed by atoms with Gasteiger partial charge in [-0.3, -0.25) is 0 Å². The fraction of sp³-hybridized carbons (Fsp3) is 0.400. The average molecular weight is 67.1 g/mol. The molecule has 0 saturated heterocycles. The second-order valence-corrected chi connectivity index (χ2v) is 0.816. The van der Waals surface area contributed by atoms with E-state index in [-0.39, 0.29) is 0 Å². The third kappa shape index (κ3) is 3.56. The summed E-state index contributed by atoms with van der Waals surface area (Å²) in [6.07, 6.45) is 7.59. The fourth-order valence-electron chi connectivity index (χ4n) is 0.118. The number of hydrogen-bond donors (Lipinski definition) is 0. The molecule has 0 atom stereocenters. The van der Waals surface area contributed by atoms with Gasteiger partial charge in [-0.2, -0.15) is 0 Å². The summed E-state index contributed by atoms with van der Waals surface area (Å²) in [6, 6.07) is 0. The van der Waals surface area contributed by atoms with Crippen LogP contribution < -0.4 is 0 Å². The van der Waals surface area contributed by atoms with E-state index < -0.39 is 0 Å². The van der Waals surface area contributed by atoms with Crippen LogP contribution >= 0.6 is 0 Å². The van der Waals surface area contributed by atoms with E-state index in [4.69, 9.17) is 6.42 Å². The Morgan fingerprint density at radius 2 is 2.60 bits per heavy atom. The minimum atomic E-state index is 0.792. The Balaban J connectivity index is 2.48. The predicted octanol–water partition coefficient (Wildman–Crippen LogP) is 1.23. The summed E-state index contributed by atoms with van der Waals surface area (Å²) in [5.74, 6) is 2.46. The molecule has 0 aromatic carbocycles. The Morgan fingerprint density at radius 1 is 2.00 bits per heavy atom. The Labute approximate surface area is 33.2 Å². The molecular formula is C5H7. The molecule has 0 nitrogen and oxygen atoms in total. The molecule has 0 aliphatic carbocycles. The van der Waals surface area contributed by atoms with Gasteiger partial charge in [-0.25, -0.2) is 0 Å². The zero-order valence-electron chi connectivity index (χ0n) is 3.36. The molecule has 0 rings (SSSR count). The molecule has 0 aromatic rings. The van der Waals surface area contributed by atoms with Crippen LogP contribution in [0.1, 0.15) is 13.3 Å². The first-order valence-corrected chi connectivity index (χ1v) is 1.63. The molecule has 5 heavy (non-hydrogen) atoms. The molecule has 0 aromatic heterocycles. The summed E-state index contributed by atoms with van der Waals surface area (Å²) in [5, 5.41) is 0. The van der Waals surface area contributed by atoms with Crippen molar-refractivity contribution in [1.29, 1.82) is 0 Å². The van der Waals surface area contributed by atoms with Gasteiger partial charge in [-0.15, -0.1) is 12.3 Å². The summed E-state index contributed by atoms with van der Waals surface area (Å²) in [4.78, 5) is 0. The van der Waals surface area contributed by atoms with Gasteiger partial charge in [-0.05, 0) is 6.42 Å². The molecule has 0 bridgehead atoms. The van der Waals surface area contributed by atoms with Gasteiger partial charge in [0, 0.05) is 6.42 Å². The number of rotatable bonds is 1. The van der Waals surface area contributed by atoms with E-state index in [1.807, 2.05) is 13.3 Å². The van der Waals surface area contributed by atoms with Gasteiger partial charge in [0.15, 0.2) is 0 Å². The van der Waals surface area contributed by atoms with Gasteiger partial charge in [0.05, 0.1) is 0 Å². The molecule has 0 fully saturated rings. The molecule has 1 radical (unpaired) electrons. The van der Waals surface area contributed by atoms with Gasteiger partial charge >= 0.3 is 0 Å². The maximum absolute atomic E-state index is 4.86. The highest BCUT2D eigenvalue weighted by Crippen LogP contribution is 1.75. The normalized spacial score (nSPS) is 6.40. The molecule has 0 N–H and O–H groups in total. The van der Waals surface area contributed by atoms with Gasteiger partial charge < -0.3 is 0 Å². The predicted molar refractivity (Wildman–Crippen MR) is 23.4 cm³/mol. The minimum Gasteiger partial charge on any atom is -0.120 e. The summed E-state index contributed by atoms with van der Waals surface area (Å²) >= 11 is 0. The third-order valence-corrected chi connectivity index (χ3v) is 0.322. The molecule has 0 aliphatic heterocycles. The molecule has 0 saturated carbocycles. The van der Waals surface area contributed by atoms with Crippen LogP contribution in [0.25, 0.3) is 0 Å². The van der Waals surface area contributed by atoms with Crippen LogP contribution in [0.15, 0.2) is 0 Å². The zero-order chi connectivity index (χ0) is 4.12. The highest BCUT2D eigenvalue weighted by Gasteiger charge is 1.62. The second-order valence-electron chi connectivity index (χ2n) is 0.816. The summed E-state index contributed by atoms with van der Waals surface area (Å²) in [5.41, 5.74) is 0. The lowest BCUT2D eigenvalue weighted by molar-refractivity contribution is 1.26. The fourth-order valence-corrected chi connectivity index (χ4v) is 0.118. The zero-order valence-corrected chi connectivity index (χ0v) is 3.36. The van der Waals surface area contributed by atoms with E-state index in [9.17, 15) is 0 Å². The lowest BCUT2D eigenvalue weighted by Gasteiger charge is -1.68. The topological polar surface area (TPSA) is 0 Å². The van der Waals surface area contributed by atoms with E-state index in [1.165, 1.54) is 0 Å². The van der Waals surface area contributed by atoms with Crippen molar-refractivity contribution in [3.8, 4) is 12.3 Å². The Hall–Kier alpha value is -0.440. The SMILES string of the molecule is C#CC[CH]C. The quantitative estimate of drug-likeness (QED) is 0.405. The smallest absolute Gasteiger partial charge is 0.0115 e. The summed E-state index contributed by atoms with van der Waals surface area (Å²) in [7, 11) is 0. The van der Waals surface area contributed by atoms with Crippen molar-refractivity contribution in [3.05, 3.63) is 6.42 Å². The monoisotopic (exact) mass is 67.1 g/mol. The molecule has 27 valence electrons. The van der Waals surface area contributed by atoms with E-state index >= 15 is 0 Å². The number of unbranched alkanes of at least 4 members (excludes halogenated alkanes) is 1. The lowest BCUT2D eigenvalue weighted by Crippen LogP contribution is -1.55. The van der Waals surface area contributed by atoms with Crippen LogP contribution in [-0.2, 0) is 0 Å². The van der Waals surface area contributed by atoms with Crippen LogP contribution in [0.2, 0.25) is 0 Å². The Morgan fingerprint density at radius 3 is 2.60 bits per heavy atom. The van der Waals surface area contributed by atoms with E-state index in [0.29, 0.717) is 0 Å². The third-order valence-electron chi connectivity index (χ3n) is 0.322. The van der Waals surface area contributed by atoms with E-state index in [1.54, 1.807) is 0 Å². The Bertz CT molecular complexity index is 38.5. The van der Waals surface area contributed by atoms with Crippen molar-refractivity contribution in [2.45, 2.75) is 13.3 Å². The van der Waals surface area contributed by atoms with Crippen LogP contribution in [0.5, 0.6) is 0 Å². The maximum Gasteiger partial charge on any atom is 0.0115 e. The summed E-state index contributed by atoms with van der Waals surface area (Å²) in [6.45, 7) is 1.94. The first kappa shape index (κ1) is 4.56. The van der Waals surface area contributed by atoms with Gasteiger partial charge in [0.1, 0.15) is 0 Å². The van der Waals surface area contributed by atoms with Crippen molar-refractivity contribution in [2.24, 2.45) is 0 Å². The Kier molecular flexibility index (Phi) is 3.25. The molecule has 0 unspecified atom stereocenters. The second kappa shape index (κ2) is 3.56. The summed E-state index contributed by atoms with van der Waals surface area (Å²) < 4.78 is 0. The van der Waals surface area contributed by atoms with Crippen LogP contribution in [0.4, 0.5) is 0 Å². The molecule has 0 aliphatic rings. The van der Waals surface area contributed by atoms with Gasteiger partial charge in [0.25, 0.3) is 0 Å². The van der Waals surface area contributed by atoms with Crippen molar-refractivity contribution in [3.63, 3.8) is 0 Å². The molecule has 0 spiro atoms. The molecule has 0 amide bonds. The number of hydrogen-bond acceptors (Lipinski definition) is 0. The molecule has 0 heteroatoms. The first-order valence-electron chi connectivity index (χ1n) is 1.63. The lowest BCUT2D eigenvalue weighted by atomic mass is 10.4. The van der Waals surface area contributed by atoms with Crippen LogP contribution in [-0.4, -0.2) is 0 Å². The maximum atomic E-state index is 4.86.